The molecule has 26 heavy (non-hydrogen) atoms. The Kier molecular flexibility index (Phi) is 4.75. The third-order valence-electron chi connectivity index (χ3n) is 5.06. The highest BCUT2D eigenvalue weighted by Gasteiger charge is 2.31. The minimum absolute atomic E-state index is 0.0486. The smallest absolute Gasteiger partial charge is 0.271 e. The van der Waals surface area contributed by atoms with Crippen LogP contribution in [0.3, 0.4) is 0 Å². The number of carbonyl (C=O) groups excluding carboxylic acids is 1. The number of nitrogens with one attached hydrogen (secondary N) is 1. The number of phenols is 1. The third kappa shape index (κ3) is 3.58. The van der Waals surface area contributed by atoms with Crippen molar-refractivity contribution in [3.8, 4) is 5.75 Å². The normalized spacial score (nSPS) is 16.8. The number of nitro groups is 1. The predicted molar refractivity (Wildman–Crippen MR) is 102 cm³/mol. The molecule has 0 aliphatic heterocycles. The van der Waals surface area contributed by atoms with Gasteiger partial charge in [-0.05, 0) is 42.2 Å². The number of nitrogens with zero attached hydrogens (tertiary/aromatic N) is 1. The van der Waals surface area contributed by atoms with Crippen molar-refractivity contribution in [3.05, 3.63) is 49.7 Å². The number of amides is 1. The van der Waals surface area contributed by atoms with Crippen molar-refractivity contribution in [2.75, 3.05) is 5.32 Å². The molecular weight excluding hydrogens is 352 g/mol. The van der Waals surface area contributed by atoms with Gasteiger partial charge < -0.3 is 10.4 Å². The van der Waals surface area contributed by atoms with E-state index in [9.17, 15) is 20.0 Å². The summed E-state index contributed by atoms with van der Waals surface area (Å²) in [4.78, 5) is 24.2. The molecule has 1 unspecified atom stereocenters. The maximum atomic E-state index is 12.7. The van der Waals surface area contributed by atoms with Crippen LogP contribution in [0.25, 0.3) is 0 Å². The molecule has 0 fully saturated rings. The largest absolute Gasteiger partial charge is 0.506 e. The van der Waals surface area contributed by atoms with E-state index < -0.39 is 4.92 Å². The molecular formula is C19H22N2O4S. The Morgan fingerprint density at radius 3 is 2.77 bits per heavy atom. The van der Waals surface area contributed by atoms with Gasteiger partial charge in [0.15, 0.2) is 0 Å². The van der Waals surface area contributed by atoms with Crippen LogP contribution in [0.15, 0.2) is 23.6 Å². The fraction of sp³-hybridized carbons (Fsp3) is 0.421. The highest BCUT2D eigenvalue weighted by Crippen LogP contribution is 2.41. The van der Waals surface area contributed by atoms with Crippen LogP contribution in [0, 0.1) is 21.4 Å². The first kappa shape index (κ1) is 18.4. The van der Waals surface area contributed by atoms with Gasteiger partial charge >= 0.3 is 0 Å². The molecule has 138 valence electrons. The molecule has 0 bridgehead atoms. The number of non-ortho nitro benzene ring substituents is 1. The van der Waals surface area contributed by atoms with E-state index in [0.717, 1.165) is 24.8 Å². The second-order valence-corrected chi connectivity index (χ2v) is 8.73. The molecule has 1 aromatic heterocycles. The average molecular weight is 374 g/mol. The molecule has 3 rings (SSSR count). The molecule has 0 spiro atoms. The van der Waals surface area contributed by atoms with Crippen LogP contribution in [0.2, 0.25) is 0 Å². The Morgan fingerprint density at radius 2 is 2.12 bits per heavy atom. The van der Waals surface area contributed by atoms with E-state index in [2.05, 4.69) is 26.1 Å². The maximum absolute atomic E-state index is 12.7. The summed E-state index contributed by atoms with van der Waals surface area (Å²) in [6.07, 6.45) is 2.86. The standard InChI is InChI=1S/C19H22N2O4S/c1-19(2,3)11-4-6-13-14(10-26-17(13)8-11)18(23)20-15-9-12(21(24)25)5-7-16(15)22/h5,7,9-11,22H,4,6,8H2,1-3H3,(H,20,23). The minimum atomic E-state index is -0.561. The van der Waals surface area contributed by atoms with Crippen molar-refractivity contribution in [1.29, 1.82) is 0 Å². The zero-order valence-corrected chi connectivity index (χ0v) is 15.9. The summed E-state index contributed by atoms with van der Waals surface area (Å²) in [7, 11) is 0. The number of carbonyl (C=O) groups is 1. The predicted octanol–water partition coefficient (Wildman–Crippen LogP) is 4.77. The molecule has 1 aromatic carbocycles. The number of aromatic hydroxyl groups is 1. The second-order valence-electron chi connectivity index (χ2n) is 7.77. The Labute approximate surface area is 156 Å². The summed E-state index contributed by atoms with van der Waals surface area (Å²) in [5.74, 6) is 0.0544. The van der Waals surface area contributed by atoms with Crippen LogP contribution >= 0.6 is 11.3 Å². The van der Waals surface area contributed by atoms with Gasteiger partial charge in [-0.25, -0.2) is 0 Å². The van der Waals surface area contributed by atoms with Crippen LogP contribution in [0.5, 0.6) is 5.75 Å². The number of thiophene rings is 1. The zero-order valence-electron chi connectivity index (χ0n) is 15.0. The van der Waals surface area contributed by atoms with Gasteiger partial charge in [0.2, 0.25) is 0 Å². The average Bonchev–Trinajstić information content (AvgIpc) is 2.99. The van der Waals surface area contributed by atoms with Gasteiger partial charge in [-0.15, -0.1) is 11.3 Å². The summed E-state index contributed by atoms with van der Waals surface area (Å²) < 4.78 is 0. The highest BCUT2D eigenvalue weighted by atomic mass is 32.1. The zero-order chi connectivity index (χ0) is 19.1. The fourth-order valence-electron chi connectivity index (χ4n) is 3.37. The van der Waals surface area contributed by atoms with Crippen molar-refractivity contribution in [1.82, 2.24) is 0 Å². The minimum Gasteiger partial charge on any atom is -0.506 e. The van der Waals surface area contributed by atoms with Gasteiger partial charge in [0.1, 0.15) is 5.75 Å². The first-order valence-corrected chi connectivity index (χ1v) is 9.42. The lowest BCUT2D eigenvalue weighted by Gasteiger charge is -2.34. The van der Waals surface area contributed by atoms with Crippen molar-refractivity contribution in [2.45, 2.75) is 40.0 Å². The Morgan fingerprint density at radius 1 is 1.38 bits per heavy atom. The van der Waals surface area contributed by atoms with Gasteiger partial charge in [-0.2, -0.15) is 0 Å². The number of hydrogen-bond acceptors (Lipinski definition) is 5. The van der Waals surface area contributed by atoms with Gasteiger partial charge in [-0.3, -0.25) is 14.9 Å². The highest BCUT2D eigenvalue weighted by molar-refractivity contribution is 7.10. The SMILES string of the molecule is CC(C)(C)C1CCc2c(C(=O)Nc3cc([N+](=O)[O-])ccc3O)csc2C1. The molecule has 0 saturated heterocycles. The number of phenolic OH excluding ortho intramolecular Hbond substituents is 1. The summed E-state index contributed by atoms with van der Waals surface area (Å²) >= 11 is 1.59. The number of rotatable bonds is 3. The molecule has 2 aromatic rings. The van der Waals surface area contributed by atoms with E-state index in [0.29, 0.717) is 11.5 Å². The molecule has 1 amide bonds. The Balaban J connectivity index is 1.82. The van der Waals surface area contributed by atoms with E-state index in [1.165, 1.54) is 23.1 Å². The number of hydrogen-bond donors (Lipinski definition) is 2. The second kappa shape index (κ2) is 6.72. The molecule has 1 aliphatic carbocycles. The summed E-state index contributed by atoms with van der Waals surface area (Å²) in [6.45, 7) is 6.74. The van der Waals surface area contributed by atoms with Gasteiger partial charge in [0.25, 0.3) is 11.6 Å². The maximum Gasteiger partial charge on any atom is 0.271 e. The van der Waals surface area contributed by atoms with Crippen molar-refractivity contribution >= 4 is 28.6 Å². The van der Waals surface area contributed by atoms with Crippen molar-refractivity contribution < 1.29 is 14.8 Å². The number of benzene rings is 1. The first-order chi connectivity index (χ1) is 12.2. The van der Waals surface area contributed by atoms with Gasteiger partial charge in [0.05, 0.1) is 16.2 Å². The van der Waals surface area contributed by atoms with E-state index in [-0.39, 0.29) is 28.4 Å². The van der Waals surface area contributed by atoms with Crippen LogP contribution in [-0.2, 0) is 12.8 Å². The molecule has 6 nitrogen and oxygen atoms in total. The van der Waals surface area contributed by atoms with E-state index >= 15 is 0 Å². The van der Waals surface area contributed by atoms with Crippen molar-refractivity contribution in [3.63, 3.8) is 0 Å². The lowest BCUT2D eigenvalue weighted by atomic mass is 9.72. The first-order valence-electron chi connectivity index (χ1n) is 8.55. The van der Waals surface area contributed by atoms with Gasteiger partial charge in [0, 0.05) is 22.4 Å². The quantitative estimate of drug-likeness (QED) is 0.460. The molecule has 7 heteroatoms. The van der Waals surface area contributed by atoms with Crippen molar-refractivity contribution in [2.24, 2.45) is 11.3 Å². The van der Waals surface area contributed by atoms with Gasteiger partial charge in [-0.1, -0.05) is 20.8 Å². The van der Waals surface area contributed by atoms with E-state index in [4.69, 9.17) is 0 Å². The molecule has 1 aliphatic rings. The van der Waals surface area contributed by atoms with E-state index in [1.807, 2.05) is 5.38 Å². The Bertz CT molecular complexity index is 867. The molecule has 2 N–H and O–H groups in total. The number of fused-ring (bicyclic) bond motifs is 1. The summed E-state index contributed by atoms with van der Waals surface area (Å²) in [5, 5.41) is 25.2. The fourth-order valence-corrected chi connectivity index (χ4v) is 4.53. The summed E-state index contributed by atoms with van der Waals surface area (Å²) in [5.41, 5.74) is 1.77. The van der Waals surface area contributed by atoms with Crippen LogP contribution < -0.4 is 5.32 Å². The number of anilines is 1. The topological polar surface area (TPSA) is 92.5 Å². The molecule has 0 radical (unpaired) electrons. The summed E-state index contributed by atoms with van der Waals surface area (Å²) in [6, 6.07) is 3.58. The lowest BCUT2D eigenvalue weighted by Crippen LogP contribution is -2.27. The van der Waals surface area contributed by atoms with E-state index in [1.54, 1.807) is 11.3 Å². The molecule has 1 atom stereocenters. The molecule has 0 saturated carbocycles. The monoisotopic (exact) mass is 374 g/mol. The third-order valence-corrected chi connectivity index (χ3v) is 6.12. The number of nitro benzene ring substituents is 1. The van der Waals surface area contributed by atoms with Crippen LogP contribution in [0.1, 0.15) is 48.0 Å². The van der Waals surface area contributed by atoms with Crippen LogP contribution in [0.4, 0.5) is 11.4 Å². The Hall–Kier alpha value is -2.41. The van der Waals surface area contributed by atoms with Crippen LogP contribution in [-0.4, -0.2) is 15.9 Å². The molecule has 1 heterocycles. The lowest BCUT2D eigenvalue weighted by molar-refractivity contribution is -0.384.